The Hall–Kier alpha value is -2.42. The van der Waals surface area contributed by atoms with Crippen molar-refractivity contribution in [2.75, 3.05) is 19.7 Å². The second kappa shape index (κ2) is 11.1. The molecule has 7 nitrogen and oxygen atoms in total. The van der Waals surface area contributed by atoms with Crippen LogP contribution in [0.5, 0.6) is 5.75 Å². The third-order valence-corrected chi connectivity index (χ3v) is 7.83. The molecule has 1 saturated heterocycles. The van der Waals surface area contributed by atoms with Crippen molar-refractivity contribution >= 4 is 33.4 Å². The molecule has 3 rings (SSSR count). The van der Waals surface area contributed by atoms with E-state index in [1.54, 1.807) is 24.3 Å². The number of halogens is 1. The van der Waals surface area contributed by atoms with E-state index < -0.39 is 22.1 Å². The van der Waals surface area contributed by atoms with Crippen molar-refractivity contribution in [3.05, 3.63) is 58.6 Å². The van der Waals surface area contributed by atoms with Gasteiger partial charge in [0.05, 0.1) is 17.2 Å². The van der Waals surface area contributed by atoms with E-state index in [1.807, 2.05) is 6.92 Å². The van der Waals surface area contributed by atoms with Crippen LogP contribution in [0, 0.1) is 0 Å². The highest BCUT2D eigenvalue weighted by atomic mass is 35.5. The summed E-state index contributed by atoms with van der Waals surface area (Å²) in [6, 6.07) is 10.5. The summed E-state index contributed by atoms with van der Waals surface area (Å²) in [7, 11) is -3.85. The van der Waals surface area contributed by atoms with Gasteiger partial charge in [-0.1, -0.05) is 24.4 Å². The summed E-state index contributed by atoms with van der Waals surface area (Å²) in [6.07, 6.45) is 2.46. The van der Waals surface area contributed by atoms with E-state index in [-0.39, 0.29) is 21.3 Å². The van der Waals surface area contributed by atoms with Gasteiger partial charge in [-0.05, 0) is 69.2 Å². The first-order chi connectivity index (χ1) is 15.7. The van der Waals surface area contributed by atoms with Gasteiger partial charge in [0.2, 0.25) is 15.8 Å². The van der Waals surface area contributed by atoms with Crippen molar-refractivity contribution in [1.82, 2.24) is 4.31 Å². The fourth-order valence-electron chi connectivity index (χ4n) is 3.65. The number of ketones is 1. The van der Waals surface area contributed by atoms with E-state index in [9.17, 15) is 18.0 Å². The number of nitrogens with zero attached hydrogens (tertiary/aromatic N) is 1. The van der Waals surface area contributed by atoms with Crippen LogP contribution in [0.4, 0.5) is 0 Å². The third-order valence-electron chi connectivity index (χ3n) is 5.45. The number of carbonyl (C=O) groups is 2. The minimum absolute atomic E-state index is 0.0131. The van der Waals surface area contributed by atoms with Crippen LogP contribution in [0.3, 0.4) is 0 Å². The standard InChI is InChI=1S/C24H28ClNO6S/c1-3-31-20-11-8-18(9-12-20)23(27)17(2)32-24(28)19-10-13-21(25)22(16-19)33(29,30)26-14-6-4-5-7-15-26/h8-13,16-17H,3-7,14-15H2,1-2H3/t17-/m1/s1. The zero-order valence-electron chi connectivity index (χ0n) is 18.8. The first-order valence-corrected chi connectivity index (χ1v) is 12.8. The van der Waals surface area contributed by atoms with Gasteiger partial charge in [-0.15, -0.1) is 0 Å². The Morgan fingerprint density at radius 1 is 1.00 bits per heavy atom. The monoisotopic (exact) mass is 493 g/mol. The lowest BCUT2D eigenvalue weighted by atomic mass is 10.1. The minimum Gasteiger partial charge on any atom is -0.494 e. The molecule has 1 aliphatic rings. The first kappa shape index (κ1) is 25.2. The second-order valence-corrected chi connectivity index (χ2v) is 10.1. The van der Waals surface area contributed by atoms with E-state index in [1.165, 1.54) is 29.4 Å². The van der Waals surface area contributed by atoms with E-state index in [4.69, 9.17) is 21.1 Å². The van der Waals surface area contributed by atoms with Crippen LogP contribution in [0.25, 0.3) is 0 Å². The predicted octanol–water partition coefficient (Wildman–Crippen LogP) is 4.73. The Morgan fingerprint density at radius 2 is 1.61 bits per heavy atom. The third kappa shape index (κ3) is 6.13. The fourth-order valence-corrected chi connectivity index (χ4v) is 5.67. The summed E-state index contributed by atoms with van der Waals surface area (Å²) in [5.41, 5.74) is 0.387. The molecular formula is C24H28ClNO6S. The van der Waals surface area contributed by atoms with Crippen LogP contribution in [0.2, 0.25) is 5.02 Å². The lowest BCUT2D eigenvalue weighted by Crippen LogP contribution is -2.32. The SMILES string of the molecule is CCOc1ccc(C(=O)[C@@H](C)OC(=O)c2ccc(Cl)c(S(=O)(=O)N3CCCCCC3)c2)cc1. The number of esters is 1. The Morgan fingerprint density at radius 3 is 2.21 bits per heavy atom. The van der Waals surface area contributed by atoms with Gasteiger partial charge in [0.15, 0.2) is 6.10 Å². The molecule has 0 aliphatic carbocycles. The molecule has 178 valence electrons. The Balaban J connectivity index is 1.75. The average molecular weight is 494 g/mol. The van der Waals surface area contributed by atoms with Crippen LogP contribution < -0.4 is 4.74 Å². The molecule has 0 aromatic heterocycles. The maximum absolute atomic E-state index is 13.2. The second-order valence-electron chi connectivity index (χ2n) is 7.83. The van der Waals surface area contributed by atoms with Crippen LogP contribution >= 0.6 is 11.6 Å². The summed E-state index contributed by atoms with van der Waals surface area (Å²) < 4.78 is 38.4. The highest BCUT2D eigenvalue weighted by Crippen LogP contribution is 2.28. The highest BCUT2D eigenvalue weighted by molar-refractivity contribution is 7.89. The molecule has 0 amide bonds. The minimum atomic E-state index is -3.85. The molecule has 1 atom stereocenters. The highest BCUT2D eigenvalue weighted by Gasteiger charge is 2.29. The lowest BCUT2D eigenvalue weighted by Gasteiger charge is -2.21. The quantitative estimate of drug-likeness (QED) is 0.390. The van der Waals surface area contributed by atoms with E-state index in [0.717, 1.165) is 25.7 Å². The summed E-state index contributed by atoms with van der Waals surface area (Å²) in [5.74, 6) is -0.540. The zero-order chi connectivity index (χ0) is 24.0. The van der Waals surface area contributed by atoms with Gasteiger partial charge in [0, 0.05) is 18.7 Å². The zero-order valence-corrected chi connectivity index (χ0v) is 20.3. The Kier molecular flexibility index (Phi) is 8.51. The van der Waals surface area contributed by atoms with Crippen molar-refractivity contribution in [3.8, 4) is 5.75 Å². The molecule has 0 bridgehead atoms. The molecule has 0 radical (unpaired) electrons. The smallest absolute Gasteiger partial charge is 0.338 e. The number of carbonyl (C=O) groups excluding carboxylic acids is 2. The summed E-state index contributed by atoms with van der Waals surface area (Å²) >= 11 is 6.19. The average Bonchev–Trinajstić information content (AvgIpc) is 3.09. The van der Waals surface area contributed by atoms with Crippen molar-refractivity contribution < 1.29 is 27.5 Å². The number of ether oxygens (including phenoxy) is 2. The van der Waals surface area contributed by atoms with Gasteiger partial charge in [-0.3, -0.25) is 4.79 Å². The Bertz CT molecular complexity index is 1090. The molecule has 0 unspecified atom stereocenters. The predicted molar refractivity (Wildman–Crippen MR) is 125 cm³/mol. The van der Waals surface area contributed by atoms with Crippen LogP contribution in [0.1, 0.15) is 60.2 Å². The Labute approximate surface area is 199 Å². The summed E-state index contributed by atoms with van der Waals surface area (Å²) in [4.78, 5) is 25.2. The van der Waals surface area contributed by atoms with E-state index in [0.29, 0.717) is 31.0 Å². The van der Waals surface area contributed by atoms with Crippen molar-refractivity contribution in [3.63, 3.8) is 0 Å². The molecule has 2 aromatic carbocycles. The number of Topliss-reactive ketones (excluding diaryl/α,β-unsaturated/α-hetero) is 1. The number of hydrogen-bond donors (Lipinski definition) is 0. The molecule has 1 heterocycles. The molecular weight excluding hydrogens is 466 g/mol. The van der Waals surface area contributed by atoms with Gasteiger partial charge in [-0.25, -0.2) is 13.2 Å². The molecule has 2 aromatic rings. The van der Waals surface area contributed by atoms with Gasteiger partial charge < -0.3 is 9.47 Å². The number of rotatable bonds is 8. The topological polar surface area (TPSA) is 90.0 Å². The van der Waals surface area contributed by atoms with Gasteiger partial charge in [0.1, 0.15) is 10.6 Å². The van der Waals surface area contributed by atoms with Crippen LogP contribution in [-0.4, -0.2) is 50.3 Å². The molecule has 0 spiro atoms. The van der Waals surface area contributed by atoms with Crippen LogP contribution in [-0.2, 0) is 14.8 Å². The first-order valence-electron chi connectivity index (χ1n) is 11.0. The van der Waals surface area contributed by atoms with Gasteiger partial charge >= 0.3 is 5.97 Å². The lowest BCUT2D eigenvalue weighted by molar-refractivity contribution is 0.0318. The van der Waals surface area contributed by atoms with Crippen molar-refractivity contribution in [1.29, 1.82) is 0 Å². The fraction of sp³-hybridized carbons (Fsp3) is 0.417. The summed E-state index contributed by atoms with van der Waals surface area (Å²) in [6.45, 7) is 4.68. The van der Waals surface area contributed by atoms with Crippen molar-refractivity contribution in [2.45, 2.75) is 50.5 Å². The summed E-state index contributed by atoms with van der Waals surface area (Å²) in [5, 5.41) is 0.0364. The largest absolute Gasteiger partial charge is 0.494 e. The number of hydrogen-bond acceptors (Lipinski definition) is 6. The van der Waals surface area contributed by atoms with Gasteiger partial charge in [-0.2, -0.15) is 4.31 Å². The number of sulfonamides is 1. The van der Waals surface area contributed by atoms with Crippen LogP contribution in [0.15, 0.2) is 47.4 Å². The molecule has 0 saturated carbocycles. The maximum atomic E-state index is 13.2. The normalized spacial score (nSPS) is 16.0. The van der Waals surface area contributed by atoms with E-state index >= 15 is 0 Å². The van der Waals surface area contributed by atoms with E-state index in [2.05, 4.69) is 0 Å². The molecule has 9 heteroatoms. The number of benzene rings is 2. The molecule has 1 fully saturated rings. The molecule has 1 aliphatic heterocycles. The molecule has 0 N–H and O–H groups in total. The molecule has 33 heavy (non-hydrogen) atoms. The van der Waals surface area contributed by atoms with Crippen molar-refractivity contribution in [2.24, 2.45) is 0 Å². The maximum Gasteiger partial charge on any atom is 0.338 e. The van der Waals surface area contributed by atoms with Gasteiger partial charge in [0.25, 0.3) is 0 Å².